The Hall–Kier alpha value is -0.0800. The van der Waals surface area contributed by atoms with Crippen LogP contribution in [0, 0.1) is 0 Å². The maximum absolute atomic E-state index is 2.81. The number of rotatable bonds is 1. The van der Waals surface area contributed by atoms with Crippen molar-refractivity contribution in [3.05, 3.63) is 0 Å². The molecule has 0 bridgehead atoms. The molecule has 1 atom stereocenters. The van der Waals surface area contributed by atoms with Crippen LogP contribution >= 0.6 is 0 Å². The van der Waals surface area contributed by atoms with Crippen LogP contribution in [0.5, 0.6) is 0 Å². The van der Waals surface area contributed by atoms with Crippen LogP contribution in [0.15, 0.2) is 0 Å². The Bertz CT molecular complexity index is 233. The van der Waals surface area contributed by atoms with Crippen LogP contribution in [0.4, 0.5) is 0 Å². The summed E-state index contributed by atoms with van der Waals surface area (Å²) in [5.41, 5.74) is 0.564. The molecule has 0 aromatic rings. The van der Waals surface area contributed by atoms with Gasteiger partial charge in [-0.15, -0.1) is 0 Å². The van der Waals surface area contributed by atoms with Crippen molar-refractivity contribution < 1.29 is 0 Å². The van der Waals surface area contributed by atoms with Gasteiger partial charge in [0.15, 0.2) is 0 Å². The quantitative estimate of drug-likeness (QED) is 0.651. The van der Waals surface area contributed by atoms with Gasteiger partial charge in [0.2, 0.25) is 0 Å². The molecular formula is C13H24N2. The molecule has 1 saturated carbocycles. The van der Waals surface area contributed by atoms with E-state index in [4.69, 9.17) is 0 Å². The first-order valence-electron chi connectivity index (χ1n) is 6.77. The second kappa shape index (κ2) is 3.74. The highest BCUT2D eigenvalue weighted by Crippen LogP contribution is 2.37. The lowest BCUT2D eigenvalue weighted by Crippen LogP contribution is -2.57. The number of hydrogen-bond donors (Lipinski definition) is 0. The van der Waals surface area contributed by atoms with E-state index in [0.717, 1.165) is 6.04 Å². The van der Waals surface area contributed by atoms with Gasteiger partial charge in [-0.1, -0.05) is 12.8 Å². The molecule has 3 fully saturated rings. The van der Waals surface area contributed by atoms with Crippen LogP contribution < -0.4 is 0 Å². The van der Waals surface area contributed by atoms with Gasteiger partial charge >= 0.3 is 0 Å². The third-order valence-electron chi connectivity index (χ3n) is 5.03. The van der Waals surface area contributed by atoms with Crippen LogP contribution in [0.25, 0.3) is 0 Å². The summed E-state index contributed by atoms with van der Waals surface area (Å²) in [5, 5.41) is 0. The standard InChI is InChI=1S/C13H24N2/c1-13(6-2-3-7-13)15-10-9-14-8-4-5-12(14)11-15/h12H,2-11H2,1H3. The fraction of sp³-hybridized carbons (Fsp3) is 1.00. The highest BCUT2D eigenvalue weighted by Gasteiger charge is 2.40. The molecule has 1 aliphatic carbocycles. The number of hydrogen-bond acceptors (Lipinski definition) is 2. The van der Waals surface area contributed by atoms with Gasteiger partial charge in [0, 0.05) is 31.2 Å². The fourth-order valence-corrected chi connectivity index (χ4v) is 3.93. The highest BCUT2D eigenvalue weighted by atomic mass is 15.3. The Balaban J connectivity index is 1.68. The van der Waals surface area contributed by atoms with E-state index in [1.807, 2.05) is 0 Å². The lowest BCUT2D eigenvalue weighted by molar-refractivity contribution is 0.0264. The van der Waals surface area contributed by atoms with Crippen LogP contribution in [-0.2, 0) is 0 Å². The first kappa shape index (κ1) is 10.1. The number of piperazine rings is 1. The molecule has 0 spiro atoms. The molecule has 2 nitrogen and oxygen atoms in total. The molecule has 0 N–H and O–H groups in total. The SMILES string of the molecule is CC1(N2CCN3CCCC3C2)CCCC1. The molecule has 0 aromatic heterocycles. The van der Waals surface area contributed by atoms with Gasteiger partial charge in [0.1, 0.15) is 0 Å². The van der Waals surface area contributed by atoms with Crippen molar-refractivity contribution in [2.24, 2.45) is 0 Å². The molecule has 15 heavy (non-hydrogen) atoms. The molecule has 86 valence electrons. The summed E-state index contributed by atoms with van der Waals surface area (Å²) >= 11 is 0. The van der Waals surface area contributed by atoms with Crippen molar-refractivity contribution in [1.82, 2.24) is 9.80 Å². The lowest BCUT2D eigenvalue weighted by Gasteiger charge is -2.46. The Morgan fingerprint density at radius 1 is 1.00 bits per heavy atom. The van der Waals surface area contributed by atoms with Crippen molar-refractivity contribution in [1.29, 1.82) is 0 Å². The summed E-state index contributed by atoms with van der Waals surface area (Å²) in [7, 11) is 0. The molecular weight excluding hydrogens is 184 g/mol. The van der Waals surface area contributed by atoms with Crippen molar-refractivity contribution in [3.8, 4) is 0 Å². The van der Waals surface area contributed by atoms with Crippen LogP contribution in [0.3, 0.4) is 0 Å². The smallest absolute Gasteiger partial charge is 0.0224 e. The molecule has 0 radical (unpaired) electrons. The Morgan fingerprint density at radius 2 is 1.80 bits per heavy atom. The molecule has 2 heteroatoms. The van der Waals surface area contributed by atoms with E-state index in [0.29, 0.717) is 5.54 Å². The Kier molecular flexibility index (Phi) is 2.52. The molecule has 2 heterocycles. The number of fused-ring (bicyclic) bond motifs is 1. The molecule has 3 rings (SSSR count). The van der Waals surface area contributed by atoms with Crippen molar-refractivity contribution in [3.63, 3.8) is 0 Å². The third kappa shape index (κ3) is 1.72. The molecule has 0 amide bonds. The summed E-state index contributed by atoms with van der Waals surface area (Å²) in [5.74, 6) is 0. The normalized spacial score (nSPS) is 37.0. The van der Waals surface area contributed by atoms with Crippen LogP contribution in [0.2, 0.25) is 0 Å². The monoisotopic (exact) mass is 208 g/mol. The first-order chi connectivity index (χ1) is 7.28. The number of nitrogens with zero attached hydrogens (tertiary/aromatic N) is 2. The highest BCUT2D eigenvalue weighted by molar-refractivity contribution is 4.96. The van der Waals surface area contributed by atoms with E-state index in [1.165, 1.54) is 64.7 Å². The first-order valence-corrected chi connectivity index (χ1v) is 6.77. The summed E-state index contributed by atoms with van der Waals surface area (Å²) in [6.45, 7) is 7.89. The molecule has 2 saturated heterocycles. The summed E-state index contributed by atoms with van der Waals surface area (Å²) in [6.07, 6.45) is 8.70. The molecule has 0 aromatic carbocycles. The second-order valence-corrected chi connectivity index (χ2v) is 5.98. The van der Waals surface area contributed by atoms with Gasteiger partial charge in [-0.25, -0.2) is 0 Å². The topological polar surface area (TPSA) is 6.48 Å². The van der Waals surface area contributed by atoms with E-state index in [2.05, 4.69) is 16.7 Å². The maximum Gasteiger partial charge on any atom is 0.0224 e. The third-order valence-corrected chi connectivity index (χ3v) is 5.03. The Labute approximate surface area is 93.6 Å². The Morgan fingerprint density at radius 3 is 2.60 bits per heavy atom. The minimum absolute atomic E-state index is 0.564. The van der Waals surface area contributed by atoms with Gasteiger partial charge < -0.3 is 0 Å². The van der Waals surface area contributed by atoms with Gasteiger partial charge in [-0.3, -0.25) is 9.80 Å². The van der Waals surface area contributed by atoms with E-state index in [9.17, 15) is 0 Å². The minimum atomic E-state index is 0.564. The lowest BCUT2D eigenvalue weighted by atomic mass is 9.95. The summed E-state index contributed by atoms with van der Waals surface area (Å²) in [4.78, 5) is 5.53. The fourth-order valence-electron chi connectivity index (χ4n) is 3.93. The zero-order valence-electron chi connectivity index (χ0n) is 10.0. The van der Waals surface area contributed by atoms with Crippen molar-refractivity contribution in [2.45, 2.75) is 57.0 Å². The van der Waals surface area contributed by atoms with Gasteiger partial charge in [-0.05, 0) is 39.2 Å². The predicted octanol–water partition coefficient (Wildman–Crippen LogP) is 2.10. The second-order valence-electron chi connectivity index (χ2n) is 5.98. The average molecular weight is 208 g/mol. The zero-order valence-corrected chi connectivity index (χ0v) is 10.0. The van der Waals surface area contributed by atoms with E-state index in [1.54, 1.807) is 0 Å². The molecule has 1 unspecified atom stereocenters. The van der Waals surface area contributed by atoms with E-state index < -0.39 is 0 Å². The van der Waals surface area contributed by atoms with E-state index >= 15 is 0 Å². The molecule has 3 aliphatic rings. The predicted molar refractivity (Wildman–Crippen MR) is 63.0 cm³/mol. The summed E-state index contributed by atoms with van der Waals surface area (Å²) < 4.78 is 0. The van der Waals surface area contributed by atoms with Gasteiger partial charge in [-0.2, -0.15) is 0 Å². The largest absolute Gasteiger partial charge is 0.298 e. The van der Waals surface area contributed by atoms with Crippen molar-refractivity contribution in [2.75, 3.05) is 26.2 Å². The average Bonchev–Trinajstić information content (AvgIpc) is 2.85. The zero-order chi connectivity index (χ0) is 10.3. The maximum atomic E-state index is 2.81. The minimum Gasteiger partial charge on any atom is -0.298 e. The van der Waals surface area contributed by atoms with Gasteiger partial charge in [0.05, 0.1) is 0 Å². The van der Waals surface area contributed by atoms with Gasteiger partial charge in [0.25, 0.3) is 0 Å². The van der Waals surface area contributed by atoms with Crippen LogP contribution in [-0.4, -0.2) is 47.6 Å². The van der Waals surface area contributed by atoms with Crippen molar-refractivity contribution >= 4 is 0 Å². The van der Waals surface area contributed by atoms with E-state index in [-0.39, 0.29) is 0 Å². The van der Waals surface area contributed by atoms with Crippen LogP contribution in [0.1, 0.15) is 45.4 Å². The molecule has 2 aliphatic heterocycles. The summed E-state index contributed by atoms with van der Waals surface area (Å²) in [6, 6.07) is 0.899.